The first kappa shape index (κ1) is 16.0. The van der Waals surface area contributed by atoms with E-state index in [1.807, 2.05) is 30.3 Å². The largest absolute Gasteiger partial charge is 0.378 e. The highest BCUT2D eigenvalue weighted by Gasteiger charge is 2.27. The fourth-order valence-electron chi connectivity index (χ4n) is 2.79. The molecule has 2 aliphatic heterocycles. The van der Waals surface area contributed by atoms with Gasteiger partial charge in [-0.2, -0.15) is 5.26 Å². The Kier molecular flexibility index (Phi) is 4.45. The first-order chi connectivity index (χ1) is 11.6. The molecule has 1 aromatic rings. The maximum Gasteiger partial charge on any atom is 0.269 e. The minimum atomic E-state index is -0.639. The molecule has 3 rings (SSSR count). The number of amides is 2. The topological polar surface area (TPSA) is 82.4 Å². The number of nitrogens with one attached hydrogen (secondary N) is 1. The van der Waals surface area contributed by atoms with E-state index in [0.29, 0.717) is 11.1 Å². The average molecular weight is 323 g/mol. The predicted molar refractivity (Wildman–Crippen MR) is 88.9 cm³/mol. The summed E-state index contributed by atoms with van der Waals surface area (Å²) in [5.41, 5.74) is 2.66. The molecule has 1 saturated heterocycles. The second-order valence-electron chi connectivity index (χ2n) is 5.64. The summed E-state index contributed by atoms with van der Waals surface area (Å²) in [5.74, 6) is -1.12. The summed E-state index contributed by atoms with van der Waals surface area (Å²) in [6, 6.07) is 9.67. The Morgan fingerprint density at radius 2 is 1.83 bits per heavy atom. The highest BCUT2D eigenvalue weighted by molar-refractivity contribution is 6.19. The Morgan fingerprint density at radius 3 is 2.46 bits per heavy atom. The molecule has 0 aromatic heterocycles. The molecule has 1 aromatic carbocycles. The van der Waals surface area contributed by atoms with Crippen LogP contribution in [0.15, 0.2) is 41.0 Å². The summed E-state index contributed by atoms with van der Waals surface area (Å²) in [4.78, 5) is 25.9. The number of hydrogen-bond donors (Lipinski definition) is 1. The van der Waals surface area contributed by atoms with Gasteiger partial charge in [0.15, 0.2) is 0 Å². The Hall–Kier alpha value is -2.91. The number of benzene rings is 1. The van der Waals surface area contributed by atoms with Crippen LogP contribution in [0.5, 0.6) is 0 Å². The van der Waals surface area contributed by atoms with Crippen LogP contribution in [0.1, 0.15) is 12.5 Å². The second kappa shape index (κ2) is 6.69. The van der Waals surface area contributed by atoms with Crippen LogP contribution in [0.3, 0.4) is 0 Å². The van der Waals surface area contributed by atoms with Crippen molar-refractivity contribution >= 4 is 23.6 Å². The zero-order valence-corrected chi connectivity index (χ0v) is 13.3. The second-order valence-corrected chi connectivity index (χ2v) is 5.64. The third-order valence-electron chi connectivity index (χ3n) is 4.17. The molecule has 0 aliphatic carbocycles. The van der Waals surface area contributed by atoms with E-state index in [4.69, 9.17) is 10.00 Å². The molecule has 2 amide bonds. The van der Waals surface area contributed by atoms with Gasteiger partial charge in [-0.3, -0.25) is 14.9 Å². The third kappa shape index (κ3) is 3.07. The van der Waals surface area contributed by atoms with Crippen LogP contribution in [0.4, 0.5) is 5.69 Å². The van der Waals surface area contributed by atoms with Gasteiger partial charge in [0.2, 0.25) is 0 Å². The van der Waals surface area contributed by atoms with Crippen molar-refractivity contribution in [2.24, 2.45) is 0 Å². The number of ether oxygens (including phenoxy) is 1. The van der Waals surface area contributed by atoms with Gasteiger partial charge < -0.3 is 9.64 Å². The number of nitrogens with zero attached hydrogens (tertiary/aromatic N) is 2. The van der Waals surface area contributed by atoms with Gasteiger partial charge in [0, 0.05) is 24.4 Å². The molecule has 6 heteroatoms. The van der Waals surface area contributed by atoms with Gasteiger partial charge in [0.05, 0.1) is 13.2 Å². The molecule has 0 radical (unpaired) electrons. The lowest BCUT2D eigenvalue weighted by Gasteiger charge is -2.28. The number of imide groups is 1. The number of carbonyl (C=O) groups is 2. The van der Waals surface area contributed by atoms with Crippen molar-refractivity contribution in [3.8, 4) is 6.07 Å². The number of rotatable bonds is 2. The van der Waals surface area contributed by atoms with E-state index < -0.39 is 11.8 Å². The molecule has 1 N–H and O–H groups in total. The van der Waals surface area contributed by atoms with Crippen LogP contribution in [0.2, 0.25) is 0 Å². The van der Waals surface area contributed by atoms with Crippen molar-refractivity contribution in [2.75, 3.05) is 31.2 Å². The standard InChI is InChI=1S/C18H17N3O3/c1-12-15(17(22)20-18(23)16(12)11-19)10-13-2-4-14(5-3-13)21-6-8-24-9-7-21/h2-5,10H,6-9H2,1H3,(H,20,22,23)/b15-10+. The molecule has 0 atom stereocenters. The van der Waals surface area contributed by atoms with Crippen molar-refractivity contribution in [1.29, 1.82) is 5.26 Å². The SMILES string of the molecule is CC1=C(C#N)C(=O)NC(=O)/C1=C/c1ccc(N2CCOCC2)cc1. The molecule has 2 aliphatic rings. The average Bonchev–Trinajstić information content (AvgIpc) is 2.60. The van der Waals surface area contributed by atoms with Gasteiger partial charge in [0.1, 0.15) is 11.6 Å². The van der Waals surface area contributed by atoms with E-state index in [-0.39, 0.29) is 5.57 Å². The maximum absolute atomic E-state index is 12.0. The minimum absolute atomic E-state index is 0.0224. The molecule has 0 saturated carbocycles. The number of hydrogen-bond acceptors (Lipinski definition) is 5. The number of morpholine rings is 1. The van der Waals surface area contributed by atoms with Crippen LogP contribution in [-0.2, 0) is 14.3 Å². The fraction of sp³-hybridized carbons (Fsp3) is 0.278. The summed E-state index contributed by atoms with van der Waals surface area (Å²) in [7, 11) is 0. The summed E-state index contributed by atoms with van der Waals surface area (Å²) < 4.78 is 5.34. The van der Waals surface area contributed by atoms with Crippen molar-refractivity contribution in [3.63, 3.8) is 0 Å². The van der Waals surface area contributed by atoms with Gasteiger partial charge in [-0.15, -0.1) is 0 Å². The van der Waals surface area contributed by atoms with Gasteiger partial charge in [-0.05, 0) is 36.3 Å². The number of carbonyl (C=O) groups excluding carboxylic acids is 2. The van der Waals surface area contributed by atoms with Gasteiger partial charge in [-0.25, -0.2) is 0 Å². The van der Waals surface area contributed by atoms with Crippen LogP contribution in [0, 0.1) is 11.3 Å². The monoisotopic (exact) mass is 323 g/mol. The maximum atomic E-state index is 12.0. The van der Waals surface area contributed by atoms with E-state index in [2.05, 4.69) is 10.2 Å². The van der Waals surface area contributed by atoms with Crippen molar-refractivity contribution < 1.29 is 14.3 Å². The van der Waals surface area contributed by atoms with Crippen molar-refractivity contribution in [3.05, 3.63) is 46.5 Å². The quantitative estimate of drug-likeness (QED) is 0.657. The normalized spacial score (nSPS) is 20.2. The number of nitriles is 1. The third-order valence-corrected chi connectivity index (χ3v) is 4.17. The van der Waals surface area contributed by atoms with Crippen LogP contribution in [-0.4, -0.2) is 38.1 Å². The minimum Gasteiger partial charge on any atom is -0.378 e. The number of anilines is 1. The lowest BCUT2D eigenvalue weighted by molar-refractivity contribution is -0.126. The Bertz CT molecular complexity index is 779. The lowest BCUT2D eigenvalue weighted by Crippen LogP contribution is -2.37. The van der Waals surface area contributed by atoms with Gasteiger partial charge >= 0.3 is 0 Å². The molecule has 1 fully saturated rings. The first-order valence-electron chi connectivity index (χ1n) is 7.71. The van der Waals surface area contributed by atoms with Crippen molar-refractivity contribution in [2.45, 2.75) is 6.92 Å². The molecule has 0 bridgehead atoms. The highest BCUT2D eigenvalue weighted by atomic mass is 16.5. The van der Waals surface area contributed by atoms with E-state index in [1.165, 1.54) is 0 Å². The van der Waals surface area contributed by atoms with Gasteiger partial charge in [-0.1, -0.05) is 12.1 Å². The van der Waals surface area contributed by atoms with E-state index in [1.54, 1.807) is 13.0 Å². The lowest BCUT2D eigenvalue weighted by atomic mass is 9.95. The zero-order valence-electron chi connectivity index (χ0n) is 13.3. The molecule has 2 heterocycles. The fourth-order valence-corrected chi connectivity index (χ4v) is 2.79. The van der Waals surface area contributed by atoms with Crippen molar-refractivity contribution in [1.82, 2.24) is 5.32 Å². The Balaban J connectivity index is 1.88. The van der Waals surface area contributed by atoms with E-state index in [0.717, 1.165) is 37.6 Å². The molecule has 6 nitrogen and oxygen atoms in total. The van der Waals surface area contributed by atoms with E-state index >= 15 is 0 Å². The van der Waals surface area contributed by atoms with Crippen LogP contribution >= 0.6 is 0 Å². The summed E-state index contributed by atoms with van der Waals surface area (Å²) in [6.07, 6.45) is 1.69. The highest BCUT2D eigenvalue weighted by Crippen LogP contribution is 2.23. The zero-order chi connectivity index (χ0) is 17.1. The smallest absolute Gasteiger partial charge is 0.269 e. The predicted octanol–water partition coefficient (Wildman–Crippen LogP) is 1.40. The summed E-state index contributed by atoms with van der Waals surface area (Å²) in [6.45, 7) is 4.78. The first-order valence-corrected chi connectivity index (χ1v) is 7.71. The summed E-state index contributed by atoms with van der Waals surface area (Å²) >= 11 is 0. The molecule has 0 unspecified atom stereocenters. The van der Waals surface area contributed by atoms with Crippen LogP contribution < -0.4 is 10.2 Å². The Morgan fingerprint density at radius 1 is 1.17 bits per heavy atom. The molecular formula is C18H17N3O3. The molecule has 122 valence electrons. The van der Waals surface area contributed by atoms with Gasteiger partial charge in [0.25, 0.3) is 11.8 Å². The molecule has 0 spiro atoms. The Labute approximate surface area is 140 Å². The molecular weight excluding hydrogens is 306 g/mol. The molecule has 24 heavy (non-hydrogen) atoms. The summed E-state index contributed by atoms with van der Waals surface area (Å²) in [5, 5.41) is 11.3. The van der Waals surface area contributed by atoms with Crippen LogP contribution in [0.25, 0.3) is 6.08 Å². The van der Waals surface area contributed by atoms with E-state index in [9.17, 15) is 9.59 Å².